The lowest BCUT2D eigenvalue weighted by Gasteiger charge is -2.08. The Bertz CT molecular complexity index is 195. The standard InChI is InChI=1S/CH6O7P2.H3N/c1-7-10(5,6)8-9(2,3)4;/h1H3,(H,5,6)(H2,2,3,4);1H3. The van der Waals surface area contributed by atoms with Gasteiger partial charge in [0.1, 0.15) is 0 Å². The molecule has 0 heterocycles. The molecule has 10 heteroatoms. The summed E-state index contributed by atoms with van der Waals surface area (Å²) in [5.41, 5.74) is 0. The van der Waals surface area contributed by atoms with Crippen LogP contribution in [0.5, 0.6) is 0 Å². The Labute approximate surface area is 62.6 Å². The topological polar surface area (TPSA) is 148 Å². The molecule has 0 bridgehead atoms. The maximum Gasteiger partial charge on any atom is 0.480 e. The van der Waals surface area contributed by atoms with E-state index in [-0.39, 0.29) is 6.15 Å². The highest BCUT2D eigenvalue weighted by molar-refractivity contribution is 7.60. The van der Waals surface area contributed by atoms with Crippen LogP contribution in [-0.4, -0.2) is 21.8 Å². The summed E-state index contributed by atoms with van der Waals surface area (Å²) in [7, 11) is -8.71. The van der Waals surface area contributed by atoms with Crippen LogP contribution in [0.15, 0.2) is 0 Å². The third-order valence-corrected chi connectivity index (χ3v) is 2.58. The molecule has 1 unspecified atom stereocenters. The zero-order valence-corrected chi connectivity index (χ0v) is 7.37. The molecule has 0 saturated heterocycles. The predicted molar refractivity (Wildman–Crippen MR) is 35.0 cm³/mol. The smallest absolute Gasteiger partial charge is 0.344 e. The maximum atomic E-state index is 10.2. The number of phosphoric acid groups is 2. The van der Waals surface area contributed by atoms with Gasteiger partial charge in [-0.15, -0.1) is 0 Å². The maximum absolute atomic E-state index is 10.2. The van der Waals surface area contributed by atoms with E-state index in [0.717, 1.165) is 7.11 Å². The Kier molecular flexibility index (Phi) is 5.38. The molecule has 0 aliphatic carbocycles. The van der Waals surface area contributed by atoms with E-state index >= 15 is 0 Å². The zero-order chi connectivity index (χ0) is 8.41. The van der Waals surface area contributed by atoms with Gasteiger partial charge in [-0.1, -0.05) is 0 Å². The third kappa shape index (κ3) is 8.12. The SMILES string of the molecule is COP(=O)(O)OP(=O)(O)O.N. The molecule has 11 heavy (non-hydrogen) atoms. The van der Waals surface area contributed by atoms with E-state index in [2.05, 4.69) is 8.83 Å². The molecule has 0 fully saturated rings. The van der Waals surface area contributed by atoms with Crippen LogP contribution in [0, 0.1) is 0 Å². The van der Waals surface area contributed by atoms with Crippen molar-refractivity contribution in [3.05, 3.63) is 0 Å². The van der Waals surface area contributed by atoms with Gasteiger partial charge >= 0.3 is 15.6 Å². The predicted octanol–water partition coefficient (Wildman–Crippen LogP) is 0.00450. The first-order valence-corrected chi connectivity index (χ1v) is 4.95. The van der Waals surface area contributed by atoms with Gasteiger partial charge in [-0.2, -0.15) is 4.31 Å². The van der Waals surface area contributed by atoms with E-state index in [1.807, 2.05) is 0 Å². The van der Waals surface area contributed by atoms with Crippen molar-refractivity contribution >= 4 is 15.6 Å². The second-order valence-electron chi connectivity index (χ2n) is 1.22. The molecule has 0 aromatic rings. The summed E-state index contributed by atoms with van der Waals surface area (Å²) < 4.78 is 27.1. The quantitative estimate of drug-likeness (QED) is 0.474. The number of rotatable bonds is 3. The molecule has 70 valence electrons. The minimum atomic E-state index is -4.94. The minimum absolute atomic E-state index is 0. The van der Waals surface area contributed by atoms with Gasteiger partial charge in [0.2, 0.25) is 0 Å². The van der Waals surface area contributed by atoms with Crippen molar-refractivity contribution in [2.24, 2.45) is 0 Å². The van der Waals surface area contributed by atoms with E-state index in [1.165, 1.54) is 0 Å². The summed E-state index contributed by atoms with van der Waals surface area (Å²) >= 11 is 0. The van der Waals surface area contributed by atoms with E-state index in [9.17, 15) is 9.13 Å². The van der Waals surface area contributed by atoms with Gasteiger partial charge in [0, 0.05) is 7.11 Å². The molecule has 6 N–H and O–H groups in total. The van der Waals surface area contributed by atoms with Crippen molar-refractivity contribution in [1.82, 2.24) is 6.15 Å². The van der Waals surface area contributed by atoms with Gasteiger partial charge in [-0.3, -0.25) is 4.52 Å². The molecule has 0 aliphatic heterocycles. The first kappa shape index (κ1) is 13.8. The summed E-state index contributed by atoms with van der Waals surface area (Å²) in [6.07, 6.45) is 0. The normalized spacial score (nSPS) is 16.7. The van der Waals surface area contributed by atoms with Crippen LogP contribution in [0.1, 0.15) is 0 Å². The Morgan fingerprint density at radius 1 is 1.18 bits per heavy atom. The summed E-state index contributed by atoms with van der Waals surface area (Å²) in [6.45, 7) is 0. The molecule has 0 aromatic heterocycles. The number of phosphoric ester groups is 1. The fraction of sp³-hybridized carbons (Fsp3) is 1.00. The Morgan fingerprint density at radius 3 is 1.64 bits per heavy atom. The number of hydrogen-bond acceptors (Lipinski definition) is 5. The molecule has 0 amide bonds. The molecule has 0 aromatic carbocycles. The van der Waals surface area contributed by atoms with Crippen molar-refractivity contribution in [2.45, 2.75) is 0 Å². The van der Waals surface area contributed by atoms with Crippen molar-refractivity contribution in [3.8, 4) is 0 Å². The third-order valence-electron chi connectivity index (χ3n) is 0.440. The zero-order valence-electron chi connectivity index (χ0n) is 5.58. The summed E-state index contributed by atoms with van der Waals surface area (Å²) in [4.78, 5) is 24.2. The summed E-state index contributed by atoms with van der Waals surface area (Å²) in [6, 6.07) is 0. The van der Waals surface area contributed by atoms with Crippen LogP contribution in [0.25, 0.3) is 0 Å². The lowest BCUT2D eigenvalue weighted by Crippen LogP contribution is -1.88. The average molecular weight is 209 g/mol. The van der Waals surface area contributed by atoms with Gasteiger partial charge in [-0.25, -0.2) is 9.13 Å². The molecule has 0 spiro atoms. The second-order valence-corrected chi connectivity index (χ2v) is 4.16. The van der Waals surface area contributed by atoms with Crippen LogP contribution in [0.2, 0.25) is 0 Å². The molecule has 0 radical (unpaired) electrons. The number of hydrogen-bond donors (Lipinski definition) is 4. The van der Waals surface area contributed by atoms with E-state index in [0.29, 0.717) is 0 Å². The van der Waals surface area contributed by atoms with Gasteiger partial charge < -0.3 is 20.8 Å². The monoisotopic (exact) mass is 209 g/mol. The van der Waals surface area contributed by atoms with Crippen molar-refractivity contribution in [3.63, 3.8) is 0 Å². The van der Waals surface area contributed by atoms with Crippen molar-refractivity contribution in [1.29, 1.82) is 0 Å². The first-order chi connectivity index (χ1) is 4.27. The van der Waals surface area contributed by atoms with Crippen LogP contribution in [0.4, 0.5) is 0 Å². The second kappa shape index (κ2) is 4.30. The van der Waals surface area contributed by atoms with E-state index in [4.69, 9.17) is 14.7 Å². The summed E-state index contributed by atoms with van der Waals surface area (Å²) in [5.74, 6) is 0. The fourth-order valence-corrected chi connectivity index (χ4v) is 1.51. The largest absolute Gasteiger partial charge is 0.480 e. The lowest BCUT2D eigenvalue weighted by atomic mass is 11.8. The van der Waals surface area contributed by atoms with Crippen molar-refractivity contribution in [2.75, 3.05) is 7.11 Å². The lowest BCUT2D eigenvalue weighted by molar-refractivity contribution is 0.203. The van der Waals surface area contributed by atoms with Gasteiger partial charge in [0.15, 0.2) is 0 Å². The van der Waals surface area contributed by atoms with Crippen molar-refractivity contribution < 1.29 is 32.6 Å². The molecule has 1 atom stereocenters. The highest BCUT2D eigenvalue weighted by Gasteiger charge is 2.30. The summed E-state index contributed by atoms with van der Waals surface area (Å²) in [5, 5.41) is 0. The van der Waals surface area contributed by atoms with Crippen LogP contribution in [0.3, 0.4) is 0 Å². The Morgan fingerprint density at radius 2 is 1.55 bits per heavy atom. The Hall–Kier alpha value is 0.220. The van der Waals surface area contributed by atoms with Gasteiger partial charge in [0.05, 0.1) is 0 Å². The minimum Gasteiger partial charge on any atom is -0.344 e. The average Bonchev–Trinajstić information content (AvgIpc) is 1.60. The van der Waals surface area contributed by atoms with E-state index < -0.39 is 15.6 Å². The molecule has 0 saturated carbocycles. The van der Waals surface area contributed by atoms with Gasteiger partial charge in [-0.05, 0) is 0 Å². The molecule has 0 rings (SSSR count). The molecular formula is CH9NO7P2. The molecule has 8 nitrogen and oxygen atoms in total. The fourth-order valence-electron chi connectivity index (χ4n) is 0.168. The highest BCUT2D eigenvalue weighted by Crippen LogP contribution is 2.56. The molecular weight excluding hydrogens is 200 g/mol. The first-order valence-electron chi connectivity index (χ1n) is 1.92. The van der Waals surface area contributed by atoms with E-state index in [1.54, 1.807) is 0 Å². The van der Waals surface area contributed by atoms with Crippen LogP contribution in [-0.2, 0) is 18.0 Å². The van der Waals surface area contributed by atoms with Crippen LogP contribution < -0.4 is 6.15 Å². The Balaban J connectivity index is 0. The highest BCUT2D eigenvalue weighted by atomic mass is 31.3. The van der Waals surface area contributed by atoms with Crippen LogP contribution >= 0.6 is 15.6 Å². The van der Waals surface area contributed by atoms with Gasteiger partial charge in [0.25, 0.3) is 0 Å². The molecule has 0 aliphatic rings.